The van der Waals surface area contributed by atoms with Crippen LogP contribution in [-0.4, -0.2) is 23.4 Å². The highest BCUT2D eigenvalue weighted by Crippen LogP contribution is 2.30. The van der Waals surface area contributed by atoms with E-state index in [4.69, 9.17) is 0 Å². The lowest BCUT2D eigenvalue weighted by molar-refractivity contribution is -0.137. The van der Waals surface area contributed by atoms with Crippen LogP contribution in [0.4, 0.5) is 23.2 Å². The summed E-state index contributed by atoms with van der Waals surface area (Å²) in [5.41, 5.74) is 0.0426. The third kappa shape index (κ3) is 4.82. The van der Waals surface area contributed by atoms with Gasteiger partial charge in [-0.3, -0.25) is 9.69 Å². The molecule has 7 heteroatoms. The van der Waals surface area contributed by atoms with Crippen molar-refractivity contribution in [2.45, 2.75) is 31.6 Å². The van der Waals surface area contributed by atoms with Crippen LogP contribution in [0, 0.1) is 5.82 Å². The molecule has 1 fully saturated rings. The van der Waals surface area contributed by atoms with E-state index in [-0.39, 0.29) is 24.3 Å². The molecule has 0 spiro atoms. The molecule has 0 saturated heterocycles. The van der Waals surface area contributed by atoms with Gasteiger partial charge in [0.25, 0.3) is 0 Å². The van der Waals surface area contributed by atoms with Gasteiger partial charge in [-0.05, 0) is 43.2 Å². The van der Waals surface area contributed by atoms with Gasteiger partial charge in [-0.25, -0.2) is 4.39 Å². The maximum Gasteiger partial charge on any atom is 0.416 e. The summed E-state index contributed by atoms with van der Waals surface area (Å²) < 4.78 is 51.5. The second-order valence-electron chi connectivity index (χ2n) is 6.35. The molecule has 1 N–H and O–H groups in total. The van der Waals surface area contributed by atoms with Crippen LogP contribution in [0.15, 0.2) is 48.5 Å². The average Bonchev–Trinajstić information content (AvgIpc) is 3.41. The van der Waals surface area contributed by atoms with Crippen LogP contribution in [-0.2, 0) is 17.5 Å². The fraction of sp³-hybridized carbons (Fsp3) is 0.316. The van der Waals surface area contributed by atoms with Crippen molar-refractivity contribution in [2.75, 3.05) is 11.9 Å². The van der Waals surface area contributed by atoms with Crippen LogP contribution in [0.2, 0.25) is 0 Å². The molecule has 3 nitrogen and oxygen atoms in total. The van der Waals surface area contributed by atoms with Crippen molar-refractivity contribution in [1.82, 2.24) is 4.90 Å². The third-order valence-corrected chi connectivity index (χ3v) is 4.24. The number of rotatable bonds is 6. The fourth-order valence-electron chi connectivity index (χ4n) is 2.73. The number of nitrogens with zero attached hydrogens (tertiary/aromatic N) is 1. The van der Waals surface area contributed by atoms with E-state index < -0.39 is 11.7 Å². The van der Waals surface area contributed by atoms with Crippen molar-refractivity contribution in [1.29, 1.82) is 0 Å². The van der Waals surface area contributed by atoms with E-state index in [1.54, 1.807) is 18.2 Å². The Morgan fingerprint density at radius 1 is 1.08 bits per heavy atom. The molecule has 0 aliphatic heterocycles. The van der Waals surface area contributed by atoms with Gasteiger partial charge >= 0.3 is 6.18 Å². The summed E-state index contributed by atoms with van der Waals surface area (Å²) in [4.78, 5) is 14.1. The van der Waals surface area contributed by atoms with Crippen LogP contribution in [0.1, 0.15) is 24.0 Å². The van der Waals surface area contributed by atoms with Crippen LogP contribution < -0.4 is 5.32 Å². The van der Waals surface area contributed by atoms with Gasteiger partial charge < -0.3 is 5.32 Å². The molecule has 3 rings (SSSR count). The quantitative estimate of drug-likeness (QED) is 0.767. The molecule has 0 unspecified atom stereocenters. The van der Waals surface area contributed by atoms with Crippen molar-refractivity contribution in [3.63, 3.8) is 0 Å². The average molecular weight is 366 g/mol. The summed E-state index contributed by atoms with van der Waals surface area (Å²) in [6.45, 7) is 0.373. The molecular formula is C19H18F4N2O. The largest absolute Gasteiger partial charge is 0.416 e. The summed E-state index contributed by atoms with van der Waals surface area (Å²) in [5.74, 6) is -0.658. The SMILES string of the molecule is O=C(CN(Cc1ccccc1F)C1CC1)Nc1ccc(C(F)(F)F)cc1. The van der Waals surface area contributed by atoms with Crippen LogP contribution in [0.5, 0.6) is 0 Å². The molecule has 0 atom stereocenters. The zero-order valence-corrected chi connectivity index (χ0v) is 13.9. The molecule has 1 amide bonds. The highest BCUT2D eigenvalue weighted by Gasteiger charge is 2.31. The third-order valence-electron chi connectivity index (χ3n) is 4.24. The molecule has 1 aliphatic carbocycles. The first kappa shape index (κ1) is 18.4. The lowest BCUT2D eigenvalue weighted by atomic mass is 10.2. The first-order valence-corrected chi connectivity index (χ1v) is 8.27. The minimum Gasteiger partial charge on any atom is -0.325 e. The minimum absolute atomic E-state index is 0.0556. The van der Waals surface area contributed by atoms with Gasteiger partial charge in [-0.1, -0.05) is 18.2 Å². The van der Waals surface area contributed by atoms with Crippen molar-refractivity contribution in [3.8, 4) is 0 Å². The highest BCUT2D eigenvalue weighted by atomic mass is 19.4. The van der Waals surface area contributed by atoms with Gasteiger partial charge in [0.1, 0.15) is 5.82 Å². The highest BCUT2D eigenvalue weighted by molar-refractivity contribution is 5.92. The number of carbonyl (C=O) groups is 1. The molecule has 0 radical (unpaired) electrons. The summed E-state index contributed by atoms with van der Waals surface area (Å²) in [6.07, 6.45) is -2.52. The Kier molecular flexibility index (Phi) is 5.27. The molecular weight excluding hydrogens is 348 g/mol. The Balaban J connectivity index is 1.61. The number of benzene rings is 2. The predicted octanol–water partition coefficient (Wildman–Crippen LogP) is 4.45. The number of anilines is 1. The second kappa shape index (κ2) is 7.45. The van der Waals surface area contributed by atoms with Crippen LogP contribution >= 0.6 is 0 Å². The topological polar surface area (TPSA) is 32.3 Å². The van der Waals surface area contributed by atoms with Crippen molar-refractivity contribution < 1.29 is 22.4 Å². The van der Waals surface area contributed by atoms with Gasteiger partial charge in [0, 0.05) is 23.8 Å². The Labute approximate surface area is 148 Å². The lowest BCUT2D eigenvalue weighted by Crippen LogP contribution is -2.34. The zero-order chi connectivity index (χ0) is 18.7. The number of alkyl halides is 3. The lowest BCUT2D eigenvalue weighted by Gasteiger charge is -2.21. The molecule has 138 valence electrons. The van der Waals surface area contributed by atoms with E-state index in [2.05, 4.69) is 5.32 Å². The molecule has 0 aromatic heterocycles. The standard InChI is InChI=1S/C19H18F4N2O/c20-17-4-2-1-3-13(17)11-25(16-9-10-16)12-18(26)24-15-7-5-14(6-8-15)19(21,22)23/h1-8,16H,9-12H2,(H,24,26). The first-order chi connectivity index (χ1) is 12.3. The second-order valence-corrected chi connectivity index (χ2v) is 6.35. The summed E-state index contributed by atoms with van der Waals surface area (Å²) in [7, 11) is 0. The van der Waals surface area contributed by atoms with E-state index in [1.165, 1.54) is 18.2 Å². The number of amides is 1. The van der Waals surface area contributed by atoms with Gasteiger partial charge in [-0.15, -0.1) is 0 Å². The molecule has 0 heterocycles. The Hall–Kier alpha value is -2.41. The molecule has 1 aliphatic rings. The summed E-state index contributed by atoms with van der Waals surface area (Å²) in [6, 6.07) is 10.9. The van der Waals surface area contributed by atoms with Gasteiger partial charge in [-0.2, -0.15) is 13.2 Å². The molecule has 0 bridgehead atoms. The normalized spacial score (nSPS) is 14.5. The van der Waals surface area contributed by atoms with E-state index >= 15 is 0 Å². The fourth-order valence-corrected chi connectivity index (χ4v) is 2.73. The van der Waals surface area contributed by atoms with E-state index in [9.17, 15) is 22.4 Å². The number of halogens is 4. The number of hydrogen-bond donors (Lipinski definition) is 1. The summed E-state index contributed by atoms with van der Waals surface area (Å²) in [5, 5.41) is 2.59. The van der Waals surface area contributed by atoms with Crippen LogP contribution in [0.25, 0.3) is 0 Å². The maximum atomic E-state index is 13.8. The maximum absolute atomic E-state index is 13.8. The summed E-state index contributed by atoms with van der Waals surface area (Å²) >= 11 is 0. The van der Waals surface area contributed by atoms with E-state index in [0.717, 1.165) is 25.0 Å². The number of nitrogens with one attached hydrogen (secondary N) is 1. The van der Waals surface area contributed by atoms with Gasteiger partial charge in [0.05, 0.1) is 12.1 Å². The minimum atomic E-state index is -4.41. The molecule has 26 heavy (non-hydrogen) atoms. The Morgan fingerprint density at radius 3 is 2.31 bits per heavy atom. The number of carbonyl (C=O) groups excluding carboxylic acids is 1. The monoisotopic (exact) mass is 366 g/mol. The Bertz CT molecular complexity index is 770. The molecule has 2 aromatic rings. The van der Waals surface area contributed by atoms with Crippen molar-refractivity contribution in [3.05, 3.63) is 65.5 Å². The van der Waals surface area contributed by atoms with Crippen molar-refractivity contribution in [2.24, 2.45) is 0 Å². The smallest absolute Gasteiger partial charge is 0.325 e. The zero-order valence-electron chi connectivity index (χ0n) is 13.9. The van der Waals surface area contributed by atoms with E-state index in [1.807, 2.05) is 4.90 Å². The van der Waals surface area contributed by atoms with E-state index in [0.29, 0.717) is 17.8 Å². The Morgan fingerprint density at radius 2 is 1.73 bits per heavy atom. The van der Waals surface area contributed by atoms with Gasteiger partial charge in [0.15, 0.2) is 0 Å². The van der Waals surface area contributed by atoms with Gasteiger partial charge in [0.2, 0.25) is 5.91 Å². The molecule has 2 aromatic carbocycles. The first-order valence-electron chi connectivity index (χ1n) is 8.27. The van der Waals surface area contributed by atoms with Crippen molar-refractivity contribution >= 4 is 11.6 Å². The molecule has 1 saturated carbocycles. The number of hydrogen-bond acceptors (Lipinski definition) is 2. The predicted molar refractivity (Wildman–Crippen MR) is 89.9 cm³/mol. The van der Waals surface area contributed by atoms with Crippen LogP contribution in [0.3, 0.4) is 0 Å².